The van der Waals surface area contributed by atoms with Gasteiger partial charge in [0, 0.05) is 12.2 Å². The van der Waals surface area contributed by atoms with Gasteiger partial charge in [0.2, 0.25) is 0 Å². The van der Waals surface area contributed by atoms with Crippen LogP contribution in [0.25, 0.3) is 0 Å². The van der Waals surface area contributed by atoms with Crippen molar-refractivity contribution in [1.82, 2.24) is 9.88 Å². The molecular weight excluding hydrogens is 327 g/mol. The van der Waals surface area contributed by atoms with E-state index >= 15 is 0 Å². The molecule has 6 nitrogen and oxygen atoms in total. The van der Waals surface area contributed by atoms with Crippen LogP contribution in [-0.2, 0) is 10.9 Å². The van der Waals surface area contributed by atoms with E-state index in [0.29, 0.717) is 0 Å². The molecule has 1 aliphatic heterocycles. The largest absolute Gasteiger partial charge is 0.443 e. The van der Waals surface area contributed by atoms with Crippen LogP contribution in [0.1, 0.15) is 32.0 Å². The molecule has 9 heteroatoms. The minimum Gasteiger partial charge on any atom is -0.443 e. The second kappa shape index (κ2) is 5.95. The monoisotopic (exact) mass is 345 g/mol. The molecule has 0 aliphatic carbocycles. The van der Waals surface area contributed by atoms with Gasteiger partial charge in [0.1, 0.15) is 11.4 Å². The van der Waals surface area contributed by atoms with Gasteiger partial charge in [0.25, 0.3) is 0 Å². The third-order valence-electron chi connectivity index (χ3n) is 3.17. The fourth-order valence-corrected chi connectivity index (χ4v) is 2.19. The first-order valence-corrected chi connectivity index (χ1v) is 7.26. The Labute approximate surface area is 137 Å². The van der Waals surface area contributed by atoms with E-state index in [9.17, 15) is 22.8 Å². The molecule has 0 atom stereocenters. The highest BCUT2D eigenvalue weighted by Crippen LogP contribution is 2.32. The number of hydrogen-bond acceptors (Lipinski definition) is 4. The molecule has 1 saturated heterocycles. The molecule has 0 saturated carbocycles. The third kappa shape index (κ3) is 3.95. The number of halogens is 3. The first-order chi connectivity index (χ1) is 10.9. The van der Waals surface area contributed by atoms with Crippen molar-refractivity contribution in [1.29, 1.82) is 0 Å². The van der Waals surface area contributed by atoms with E-state index in [-0.39, 0.29) is 24.6 Å². The summed E-state index contributed by atoms with van der Waals surface area (Å²) in [5.74, 6) is -0.140. The summed E-state index contributed by atoms with van der Waals surface area (Å²) in [6, 6.07) is 0.939. The molecule has 1 aliphatic rings. The van der Waals surface area contributed by atoms with E-state index in [0.717, 1.165) is 21.9 Å². The highest BCUT2D eigenvalue weighted by atomic mass is 19.4. The summed E-state index contributed by atoms with van der Waals surface area (Å²) < 4.78 is 43.8. The second-order valence-electron chi connectivity index (χ2n) is 6.42. The van der Waals surface area contributed by atoms with E-state index in [4.69, 9.17) is 4.74 Å². The molecule has 0 radical (unpaired) electrons. The molecular formula is C15H18F3N3O3. The number of anilines is 1. The molecule has 1 aromatic rings. The number of urea groups is 1. The molecule has 2 heterocycles. The number of alkyl halides is 3. The second-order valence-corrected chi connectivity index (χ2v) is 6.42. The Kier molecular flexibility index (Phi) is 4.47. The molecule has 0 aromatic carbocycles. The Hall–Kier alpha value is -2.32. The normalized spacial score (nSPS) is 15.9. The van der Waals surface area contributed by atoms with E-state index in [1.54, 1.807) is 20.8 Å². The highest BCUT2D eigenvalue weighted by molar-refractivity contribution is 6.02. The number of nitrogens with zero attached hydrogens (tertiary/aromatic N) is 3. The minimum atomic E-state index is -4.55. The molecule has 3 amide bonds. The van der Waals surface area contributed by atoms with Gasteiger partial charge >= 0.3 is 18.3 Å². The summed E-state index contributed by atoms with van der Waals surface area (Å²) in [6.45, 7) is 6.43. The van der Waals surface area contributed by atoms with Crippen LogP contribution in [0, 0.1) is 6.92 Å². The van der Waals surface area contributed by atoms with Gasteiger partial charge < -0.3 is 4.74 Å². The van der Waals surface area contributed by atoms with Crippen molar-refractivity contribution in [2.75, 3.05) is 18.0 Å². The Balaban J connectivity index is 2.25. The lowest BCUT2D eigenvalue weighted by molar-refractivity contribution is -0.137. The lowest BCUT2D eigenvalue weighted by Crippen LogP contribution is -2.40. The van der Waals surface area contributed by atoms with Crippen LogP contribution < -0.4 is 4.90 Å². The van der Waals surface area contributed by atoms with Gasteiger partial charge in [0.15, 0.2) is 0 Å². The molecule has 2 rings (SSSR count). The first kappa shape index (κ1) is 18.0. The number of aryl methyl sites for hydroxylation is 1. The van der Waals surface area contributed by atoms with Crippen LogP contribution in [0.2, 0.25) is 0 Å². The maximum Gasteiger partial charge on any atom is 0.418 e. The van der Waals surface area contributed by atoms with Crippen molar-refractivity contribution in [3.8, 4) is 0 Å². The van der Waals surface area contributed by atoms with Gasteiger partial charge in [0.05, 0.1) is 12.1 Å². The Bertz CT molecular complexity index is 668. The van der Waals surface area contributed by atoms with Crippen LogP contribution in [0.3, 0.4) is 0 Å². The summed E-state index contributed by atoms with van der Waals surface area (Å²) in [6.07, 6.45) is -5.38. The Morgan fingerprint density at radius 3 is 2.38 bits per heavy atom. The highest BCUT2D eigenvalue weighted by Gasteiger charge is 2.38. The fourth-order valence-electron chi connectivity index (χ4n) is 2.19. The first-order valence-electron chi connectivity index (χ1n) is 7.26. The number of amides is 3. The predicted octanol–water partition coefficient (Wildman–Crippen LogP) is 3.59. The van der Waals surface area contributed by atoms with E-state index in [2.05, 4.69) is 4.98 Å². The topological polar surface area (TPSA) is 62.7 Å². The zero-order valence-electron chi connectivity index (χ0n) is 13.8. The predicted molar refractivity (Wildman–Crippen MR) is 79.7 cm³/mol. The van der Waals surface area contributed by atoms with Crippen molar-refractivity contribution in [2.24, 2.45) is 0 Å². The summed E-state index contributed by atoms with van der Waals surface area (Å²) in [7, 11) is 0. The number of carbonyl (C=O) groups is 2. The van der Waals surface area contributed by atoms with Crippen molar-refractivity contribution in [3.05, 3.63) is 23.4 Å². The van der Waals surface area contributed by atoms with Gasteiger partial charge in [-0.2, -0.15) is 13.2 Å². The van der Waals surface area contributed by atoms with Gasteiger partial charge in [-0.25, -0.2) is 19.5 Å². The van der Waals surface area contributed by atoms with Gasteiger partial charge in [-0.3, -0.25) is 4.90 Å². The van der Waals surface area contributed by atoms with Crippen LogP contribution in [0.5, 0.6) is 0 Å². The number of ether oxygens (including phenoxy) is 1. The number of aromatic nitrogens is 1. The smallest absolute Gasteiger partial charge is 0.418 e. The van der Waals surface area contributed by atoms with Gasteiger partial charge in [-0.15, -0.1) is 0 Å². The number of hydrogen-bond donors (Lipinski definition) is 0. The average Bonchev–Trinajstić information content (AvgIpc) is 2.77. The number of imide groups is 1. The summed E-state index contributed by atoms with van der Waals surface area (Å²) >= 11 is 0. The Morgan fingerprint density at radius 1 is 1.21 bits per heavy atom. The quantitative estimate of drug-likeness (QED) is 0.780. The maximum absolute atomic E-state index is 12.9. The molecule has 132 valence electrons. The van der Waals surface area contributed by atoms with Crippen molar-refractivity contribution < 1.29 is 27.5 Å². The summed E-state index contributed by atoms with van der Waals surface area (Å²) in [4.78, 5) is 30.2. The van der Waals surface area contributed by atoms with E-state index < -0.39 is 29.5 Å². The SMILES string of the molecule is Cc1cc(C(F)(F)F)cc(N2CCN(C(=O)OC(C)(C)C)C2=O)n1. The van der Waals surface area contributed by atoms with Gasteiger partial charge in [-0.1, -0.05) is 0 Å². The van der Waals surface area contributed by atoms with Crippen LogP contribution >= 0.6 is 0 Å². The van der Waals surface area contributed by atoms with Crippen molar-refractivity contribution in [3.63, 3.8) is 0 Å². The molecule has 0 N–H and O–H groups in total. The molecule has 0 bridgehead atoms. The standard InChI is InChI=1S/C15H18F3N3O3/c1-9-7-10(15(16,17)18)8-11(19-9)20-5-6-21(12(20)22)13(23)24-14(2,3)4/h7-8H,5-6H2,1-4H3. The third-order valence-corrected chi connectivity index (χ3v) is 3.17. The van der Waals surface area contributed by atoms with Gasteiger partial charge in [-0.05, 0) is 39.8 Å². The molecule has 0 spiro atoms. The van der Waals surface area contributed by atoms with Crippen molar-refractivity contribution >= 4 is 17.9 Å². The number of carbonyl (C=O) groups excluding carboxylic acids is 2. The Morgan fingerprint density at radius 2 is 1.83 bits per heavy atom. The summed E-state index contributed by atoms with van der Waals surface area (Å²) in [5, 5.41) is 0. The van der Waals surface area contributed by atoms with Crippen LogP contribution in [0.15, 0.2) is 12.1 Å². The van der Waals surface area contributed by atoms with E-state index in [1.807, 2.05) is 0 Å². The lowest BCUT2D eigenvalue weighted by Gasteiger charge is -2.23. The molecule has 1 aromatic heterocycles. The lowest BCUT2D eigenvalue weighted by atomic mass is 10.2. The van der Waals surface area contributed by atoms with E-state index in [1.165, 1.54) is 6.92 Å². The average molecular weight is 345 g/mol. The number of pyridine rings is 1. The maximum atomic E-state index is 12.9. The molecule has 1 fully saturated rings. The molecule has 0 unspecified atom stereocenters. The number of rotatable bonds is 1. The zero-order valence-corrected chi connectivity index (χ0v) is 13.8. The zero-order chi connectivity index (χ0) is 18.3. The van der Waals surface area contributed by atoms with Crippen molar-refractivity contribution in [2.45, 2.75) is 39.5 Å². The summed E-state index contributed by atoms with van der Waals surface area (Å²) in [5.41, 5.74) is -1.55. The van der Waals surface area contributed by atoms with Crippen LogP contribution in [-0.4, -0.2) is 40.7 Å². The van der Waals surface area contributed by atoms with Crippen LogP contribution in [0.4, 0.5) is 28.6 Å². The molecule has 24 heavy (non-hydrogen) atoms. The fraction of sp³-hybridized carbons (Fsp3) is 0.533. The minimum absolute atomic E-state index is 0.0186.